The Morgan fingerprint density at radius 2 is 1.97 bits per heavy atom. The maximum Gasteiger partial charge on any atom is 0.241 e. The van der Waals surface area contributed by atoms with Crippen molar-refractivity contribution >= 4 is 21.6 Å². The van der Waals surface area contributed by atoms with Gasteiger partial charge in [0, 0.05) is 30.1 Å². The van der Waals surface area contributed by atoms with Crippen LogP contribution in [0.25, 0.3) is 0 Å². The van der Waals surface area contributed by atoms with Crippen LogP contribution in [0.1, 0.15) is 50.3 Å². The van der Waals surface area contributed by atoms with Gasteiger partial charge in [0.25, 0.3) is 0 Å². The number of carbonyl (C=O) groups excluding carboxylic acids is 1. The highest BCUT2D eigenvalue weighted by Crippen LogP contribution is 2.42. The second-order valence-corrected chi connectivity index (χ2v) is 11.2. The molecule has 5 rings (SSSR count). The minimum Gasteiger partial charge on any atom is -0.497 e. The van der Waals surface area contributed by atoms with Crippen molar-refractivity contribution in [2.75, 3.05) is 18.6 Å². The molecule has 3 aliphatic rings. The largest absolute Gasteiger partial charge is 0.497 e. The van der Waals surface area contributed by atoms with Gasteiger partial charge in [0.15, 0.2) is 0 Å². The molecule has 1 aliphatic carbocycles. The molecule has 2 heterocycles. The Morgan fingerprint density at radius 3 is 2.69 bits per heavy atom. The predicted octanol–water partition coefficient (Wildman–Crippen LogP) is 3.58. The number of methoxy groups -OCH3 is 1. The highest BCUT2D eigenvalue weighted by molar-refractivity contribution is 7.89. The van der Waals surface area contributed by atoms with Crippen LogP contribution in [0.15, 0.2) is 41.3 Å². The molecule has 1 N–H and O–H groups in total. The quantitative estimate of drug-likeness (QED) is 0.744. The van der Waals surface area contributed by atoms with Crippen molar-refractivity contribution < 1.29 is 22.7 Å². The Balaban J connectivity index is 1.43. The second kappa shape index (κ2) is 7.49. The molecule has 1 unspecified atom stereocenters. The first-order valence-corrected chi connectivity index (χ1v) is 12.5. The summed E-state index contributed by atoms with van der Waals surface area (Å²) in [6.45, 7) is 4.51. The van der Waals surface area contributed by atoms with Crippen molar-refractivity contribution in [1.29, 1.82) is 0 Å². The average Bonchev–Trinajstić information content (AvgIpc) is 3.51. The predicted molar refractivity (Wildman–Crippen MR) is 121 cm³/mol. The summed E-state index contributed by atoms with van der Waals surface area (Å²) in [5.41, 5.74) is 1.98. The van der Waals surface area contributed by atoms with E-state index in [1.165, 1.54) is 0 Å². The molecule has 1 atom stereocenters. The van der Waals surface area contributed by atoms with E-state index in [0.717, 1.165) is 29.7 Å². The summed E-state index contributed by atoms with van der Waals surface area (Å²) in [6.07, 6.45) is 3.06. The molecule has 1 saturated carbocycles. The molecule has 170 valence electrons. The number of sulfonamides is 1. The van der Waals surface area contributed by atoms with Gasteiger partial charge in [-0.2, -0.15) is 0 Å². The van der Waals surface area contributed by atoms with E-state index in [9.17, 15) is 13.2 Å². The fraction of sp³-hybridized carbons (Fsp3) is 0.458. The lowest BCUT2D eigenvalue weighted by Gasteiger charge is -2.37. The van der Waals surface area contributed by atoms with Crippen LogP contribution >= 0.6 is 0 Å². The third-order valence-corrected chi connectivity index (χ3v) is 7.89. The summed E-state index contributed by atoms with van der Waals surface area (Å²) >= 11 is 0. The fourth-order valence-corrected chi connectivity index (χ4v) is 5.91. The van der Waals surface area contributed by atoms with E-state index in [-0.39, 0.29) is 16.7 Å². The third kappa shape index (κ3) is 3.86. The molecule has 8 heteroatoms. The molecular formula is C24H28N2O5S. The van der Waals surface area contributed by atoms with Gasteiger partial charge in [-0.25, -0.2) is 13.1 Å². The molecule has 0 saturated heterocycles. The number of hydrogen-bond donors (Lipinski definition) is 1. The topological polar surface area (TPSA) is 84.9 Å². The van der Waals surface area contributed by atoms with E-state index in [0.29, 0.717) is 30.9 Å². The lowest BCUT2D eigenvalue weighted by atomic mass is 9.90. The highest BCUT2D eigenvalue weighted by Gasteiger charge is 2.38. The minimum atomic E-state index is -3.79. The van der Waals surface area contributed by atoms with Crippen molar-refractivity contribution in [1.82, 2.24) is 4.72 Å². The lowest BCUT2D eigenvalue weighted by molar-refractivity contribution is -0.119. The van der Waals surface area contributed by atoms with Gasteiger partial charge in [0.2, 0.25) is 15.9 Å². The number of fused-ring (bicyclic) bond motifs is 2. The normalized spacial score (nSPS) is 21.5. The van der Waals surface area contributed by atoms with Gasteiger partial charge in [0.1, 0.15) is 17.1 Å². The Bertz CT molecular complexity index is 1190. The second-order valence-electron chi connectivity index (χ2n) is 9.45. The summed E-state index contributed by atoms with van der Waals surface area (Å²) in [6, 6.07) is 10.1. The van der Waals surface area contributed by atoms with E-state index in [1.807, 2.05) is 26.0 Å². The Kier molecular flexibility index (Phi) is 4.98. The van der Waals surface area contributed by atoms with Crippen molar-refractivity contribution in [3.8, 4) is 11.5 Å². The van der Waals surface area contributed by atoms with Gasteiger partial charge in [-0.1, -0.05) is 0 Å². The molecule has 1 amide bonds. The van der Waals surface area contributed by atoms with Crippen LogP contribution in [0.3, 0.4) is 0 Å². The van der Waals surface area contributed by atoms with E-state index >= 15 is 0 Å². The maximum absolute atomic E-state index is 13.3. The van der Waals surface area contributed by atoms with E-state index in [1.54, 1.807) is 36.3 Å². The van der Waals surface area contributed by atoms with E-state index in [4.69, 9.17) is 9.47 Å². The third-order valence-electron chi connectivity index (χ3n) is 6.42. The summed E-state index contributed by atoms with van der Waals surface area (Å²) in [5.74, 6) is 1.60. The Labute approximate surface area is 188 Å². The van der Waals surface area contributed by atoms with Gasteiger partial charge < -0.3 is 14.4 Å². The van der Waals surface area contributed by atoms with Crippen LogP contribution in [-0.4, -0.2) is 33.6 Å². The van der Waals surface area contributed by atoms with E-state index < -0.39 is 21.7 Å². The van der Waals surface area contributed by atoms with Crippen LogP contribution in [0.4, 0.5) is 5.69 Å². The number of amides is 1. The molecule has 7 nitrogen and oxygen atoms in total. The van der Waals surface area contributed by atoms with Crippen LogP contribution in [0.5, 0.6) is 11.5 Å². The minimum absolute atomic E-state index is 0.139. The number of rotatable bonds is 5. The van der Waals surface area contributed by atoms with Gasteiger partial charge in [-0.15, -0.1) is 0 Å². The zero-order valence-electron chi connectivity index (χ0n) is 18.6. The molecule has 32 heavy (non-hydrogen) atoms. The molecule has 0 spiro atoms. The molecule has 2 aromatic rings. The zero-order chi connectivity index (χ0) is 22.7. The molecule has 0 aromatic heterocycles. The number of benzene rings is 2. The van der Waals surface area contributed by atoms with Crippen molar-refractivity contribution in [2.24, 2.45) is 5.92 Å². The van der Waals surface area contributed by atoms with Crippen LogP contribution in [0, 0.1) is 5.92 Å². The molecule has 0 bridgehead atoms. The number of nitrogens with zero attached hydrogens (tertiary/aromatic N) is 1. The first-order chi connectivity index (χ1) is 15.2. The Morgan fingerprint density at radius 1 is 1.19 bits per heavy atom. The van der Waals surface area contributed by atoms with Crippen molar-refractivity contribution in [2.45, 2.75) is 56.1 Å². The SMILES string of the molecule is COc1ccc2c(c1)C(NS(=O)(=O)c1ccc3c(c1)CCN3C(=O)C1CC1)CC(C)(C)O2. The lowest BCUT2D eigenvalue weighted by Crippen LogP contribution is -2.41. The van der Waals surface area contributed by atoms with Crippen LogP contribution < -0.4 is 19.1 Å². The average molecular weight is 457 g/mol. The number of carbonyl (C=O) groups is 1. The first kappa shape index (κ1) is 21.3. The number of anilines is 1. The summed E-state index contributed by atoms with van der Waals surface area (Å²) in [4.78, 5) is 14.5. The van der Waals surface area contributed by atoms with Crippen molar-refractivity contribution in [3.63, 3.8) is 0 Å². The molecule has 0 radical (unpaired) electrons. The fourth-order valence-electron chi connectivity index (χ4n) is 4.65. The van der Waals surface area contributed by atoms with Gasteiger partial charge in [-0.3, -0.25) is 4.79 Å². The van der Waals surface area contributed by atoms with Gasteiger partial charge in [-0.05, 0) is 75.1 Å². The standard InChI is InChI=1S/C24H28N2O5S/c1-24(2)14-20(19-13-17(30-3)6-9-22(19)31-24)25-32(28,29)18-7-8-21-16(12-18)10-11-26(21)23(27)15-4-5-15/h6-9,12-13,15,20,25H,4-5,10-11,14H2,1-3H3. The molecule has 2 aromatic carbocycles. The Hall–Kier alpha value is -2.58. The number of hydrogen-bond acceptors (Lipinski definition) is 5. The number of nitrogens with one attached hydrogen (secondary N) is 1. The summed E-state index contributed by atoms with van der Waals surface area (Å²) < 4.78 is 41.0. The summed E-state index contributed by atoms with van der Waals surface area (Å²) in [5, 5.41) is 0. The van der Waals surface area contributed by atoms with Crippen molar-refractivity contribution in [3.05, 3.63) is 47.5 Å². The molecule has 2 aliphatic heterocycles. The van der Waals surface area contributed by atoms with Gasteiger partial charge >= 0.3 is 0 Å². The monoisotopic (exact) mass is 456 g/mol. The smallest absolute Gasteiger partial charge is 0.241 e. The summed E-state index contributed by atoms with van der Waals surface area (Å²) in [7, 11) is -2.21. The molecular weight excluding hydrogens is 428 g/mol. The maximum atomic E-state index is 13.3. The number of ether oxygens (including phenoxy) is 2. The van der Waals surface area contributed by atoms with Gasteiger partial charge in [0.05, 0.1) is 18.0 Å². The van der Waals surface area contributed by atoms with Crippen LogP contribution in [-0.2, 0) is 21.2 Å². The molecule has 1 fully saturated rings. The first-order valence-electron chi connectivity index (χ1n) is 11.0. The highest BCUT2D eigenvalue weighted by atomic mass is 32.2. The van der Waals surface area contributed by atoms with Crippen LogP contribution in [0.2, 0.25) is 0 Å². The van der Waals surface area contributed by atoms with E-state index in [2.05, 4.69) is 4.72 Å². The zero-order valence-corrected chi connectivity index (χ0v) is 19.4.